The highest BCUT2D eigenvalue weighted by Gasteiger charge is 2.21. The van der Waals surface area contributed by atoms with Gasteiger partial charge in [0.15, 0.2) is 0 Å². The number of hydrogen-bond acceptors (Lipinski definition) is 4. The van der Waals surface area contributed by atoms with Gasteiger partial charge >= 0.3 is 0 Å². The molecule has 114 valence electrons. The predicted octanol–water partition coefficient (Wildman–Crippen LogP) is 2.43. The average Bonchev–Trinajstić information content (AvgIpc) is 2.46. The fourth-order valence-electron chi connectivity index (χ4n) is 2.00. The molecule has 22 heavy (non-hydrogen) atoms. The van der Waals surface area contributed by atoms with Crippen molar-refractivity contribution in [2.24, 2.45) is 0 Å². The van der Waals surface area contributed by atoms with E-state index in [1.807, 2.05) is 45.0 Å². The van der Waals surface area contributed by atoms with Gasteiger partial charge in [-0.25, -0.2) is 9.97 Å². The Morgan fingerprint density at radius 2 is 1.77 bits per heavy atom. The summed E-state index contributed by atoms with van der Waals surface area (Å²) in [4.78, 5) is 19.8. The average molecular weight is 296 g/mol. The number of carbonyl (C=O) groups excluding carboxylic acids is 1. The monoisotopic (exact) mass is 296 g/mol. The highest BCUT2D eigenvalue weighted by molar-refractivity contribution is 5.92. The van der Waals surface area contributed by atoms with Gasteiger partial charge in [0.05, 0.1) is 5.54 Å². The minimum absolute atomic E-state index is 0.178. The van der Waals surface area contributed by atoms with Crippen molar-refractivity contribution in [1.29, 1.82) is 0 Å². The molecule has 0 unspecified atom stereocenters. The zero-order valence-electron chi connectivity index (χ0n) is 13.0. The molecule has 5 nitrogen and oxygen atoms in total. The van der Waals surface area contributed by atoms with Crippen LogP contribution in [0.2, 0.25) is 0 Å². The van der Waals surface area contributed by atoms with Crippen molar-refractivity contribution in [2.75, 3.05) is 5.73 Å². The Bertz CT molecular complexity index is 673. The number of nitrogen functional groups attached to an aromatic ring is 1. The molecule has 1 heterocycles. The van der Waals surface area contributed by atoms with Crippen LogP contribution in [-0.4, -0.2) is 15.9 Å². The number of anilines is 1. The van der Waals surface area contributed by atoms with E-state index >= 15 is 0 Å². The van der Waals surface area contributed by atoms with E-state index in [0.717, 1.165) is 11.1 Å². The van der Waals surface area contributed by atoms with Crippen LogP contribution >= 0.6 is 0 Å². The molecule has 5 heteroatoms. The molecule has 0 aliphatic heterocycles. The number of nitrogens with zero attached hydrogens (tertiary/aromatic N) is 2. The Morgan fingerprint density at radius 1 is 1.18 bits per heavy atom. The summed E-state index contributed by atoms with van der Waals surface area (Å²) in [6, 6.07) is 8.11. The zero-order valence-corrected chi connectivity index (χ0v) is 13.0. The lowest BCUT2D eigenvalue weighted by Gasteiger charge is -2.26. The molecular weight excluding hydrogens is 276 g/mol. The van der Waals surface area contributed by atoms with Crippen LogP contribution in [0.25, 0.3) is 6.08 Å². The lowest BCUT2D eigenvalue weighted by Crippen LogP contribution is -2.40. The van der Waals surface area contributed by atoms with Crippen molar-refractivity contribution in [2.45, 2.75) is 26.3 Å². The molecule has 2 aromatic rings. The highest BCUT2D eigenvalue weighted by Crippen LogP contribution is 2.20. The summed E-state index contributed by atoms with van der Waals surface area (Å²) < 4.78 is 0. The quantitative estimate of drug-likeness (QED) is 0.849. The van der Waals surface area contributed by atoms with E-state index in [1.54, 1.807) is 18.5 Å². The first kappa shape index (κ1) is 15.7. The standard InChI is InChI=1S/C17H20N4O/c1-12-4-7-14(8-5-12)17(2,3)21-15(22)9-6-13-10-19-16(18)20-11-13/h4-11H,1-3H3,(H,21,22)(H2,18,19,20). The molecule has 0 radical (unpaired) electrons. The Kier molecular flexibility index (Phi) is 4.56. The first-order valence-electron chi connectivity index (χ1n) is 7.02. The smallest absolute Gasteiger partial charge is 0.244 e. The Balaban J connectivity index is 2.04. The van der Waals surface area contributed by atoms with Crippen molar-refractivity contribution in [3.63, 3.8) is 0 Å². The van der Waals surface area contributed by atoms with Gasteiger partial charge in [0, 0.05) is 24.0 Å². The number of aryl methyl sites for hydroxylation is 1. The Hall–Kier alpha value is -2.69. The maximum atomic E-state index is 12.1. The summed E-state index contributed by atoms with van der Waals surface area (Å²) in [7, 11) is 0. The number of rotatable bonds is 4. The number of amides is 1. The molecule has 0 atom stereocenters. The molecule has 3 N–H and O–H groups in total. The maximum absolute atomic E-state index is 12.1. The van der Waals surface area contributed by atoms with Gasteiger partial charge in [0.1, 0.15) is 0 Å². The predicted molar refractivity (Wildman–Crippen MR) is 87.8 cm³/mol. The number of nitrogens with two attached hydrogens (primary N) is 1. The van der Waals surface area contributed by atoms with E-state index < -0.39 is 5.54 Å². The van der Waals surface area contributed by atoms with Crippen LogP contribution in [-0.2, 0) is 10.3 Å². The zero-order chi connectivity index (χ0) is 16.2. The summed E-state index contributed by atoms with van der Waals surface area (Å²) in [6.07, 6.45) is 6.25. The second kappa shape index (κ2) is 6.39. The summed E-state index contributed by atoms with van der Waals surface area (Å²) in [5.74, 6) is 0.0319. The summed E-state index contributed by atoms with van der Waals surface area (Å²) in [5.41, 5.74) is 7.92. The molecule has 2 rings (SSSR count). The Labute approximate surface area is 130 Å². The van der Waals surface area contributed by atoms with Crippen LogP contribution in [0.5, 0.6) is 0 Å². The lowest BCUT2D eigenvalue weighted by molar-refractivity contribution is -0.118. The van der Waals surface area contributed by atoms with Crippen LogP contribution in [0.4, 0.5) is 5.95 Å². The molecular formula is C17H20N4O. The largest absolute Gasteiger partial charge is 0.368 e. The molecule has 0 aliphatic rings. The van der Waals surface area contributed by atoms with Gasteiger partial charge in [-0.3, -0.25) is 4.79 Å². The molecule has 0 aliphatic carbocycles. The summed E-state index contributed by atoms with van der Waals surface area (Å²) in [6.45, 7) is 5.97. The minimum Gasteiger partial charge on any atom is -0.368 e. The summed E-state index contributed by atoms with van der Waals surface area (Å²) >= 11 is 0. The number of benzene rings is 1. The van der Waals surface area contributed by atoms with Crippen LogP contribution in [0.15, 0.2) is 42.7 Å². The van der Waals surface area contributed by atoms with Gasteiger partial charge < -0.3 is 11.1 Å². The van der Waals surface area contributed by atoms with Gasteiger partial charge in [-0.2, -0.15) is 0 Å². The van der Waals surface area contributed by atoms with Gasteiger partial charge in [-0.1, -0.05) is 29.8 Å². The molecule has 1 aromatic heterocycles. The number of nitrogens with one attached hydrogen (secondary N) is 1. The van der Waals surface area contributed by atoms with Gasteiger partial charge in [0.2, 0.25) is 11.9 Å². The number of hydrogen-bond donors (Lipinski definition) is 2. The van der Waals surface area contributed by atoms with Crippen LogP contribution in [0.1, 0.15) is 30.5 Å². The van der Waals surface area contributed by atoms with Crippen LogP contribution in [0, 0.1) is 6.92 Å². The van der Waals surface area contributed by atoms with Crippen molar-refractivity contribution < 1.29 is 4.79 Å². The first-order chi connectivity index (χ1) is 10.4. The molecule has 0 saturated carbocycles. The fraction of sp³-hybridized carbons (Fsp3) is 0.235. The second-order valence-corrected chi connectivity index (χ2v) is 5.69. The van der Waals surface area contributed by atoms with Crippen molar-refractivity contribution in [3.05, 3.63) is 59.4 Å². The van der Waals surface area contributed by atoms with Crippen LogP contribution < -0.4 is 11.1 Å². The third-order valence-electron chi connectivity index (χ3n) is 3.33. The second-order valence-electron chi connectivity index (χ2n) is 5.69. The SMILES string of the molecule is Cc1ccc(C(C)(C)NC(=O)C=Cc2cnc(N)nc2)cc1. The van der Waals surface area contributed by atoms with Crippen LogP contribution in [0.3, 0.4) is 0 Å². The van der Waals surface area contributed by atoms with E-state index in [9.17, 15) is 4.79 Å². The first-order valence-corrected chi connectivity index (χ1v) is 7.02. The Morgan fingerprint density at radius 3 is 2.36 bits per heavy atom. The van der Waals surface area contributed by atoms with Gasteiger partial charge in [0.25, 0.3) is 0 Å². The molecule has 0 fully saturated rings. The van der Waals surface area contributed by atoms with Crippen molar-refractivity contribution >= 4 is 17.9 Å². The van der Waals surface area contributed by atoms with E-state index in [4.69, 9.17) is 5.73 Å². The minimum atomic E-state index is -0.452. The van der Waals surface area contributed by atoms with E-state index in [0.29, 0.717) is 0 Å². The molecule has 0 saturated heterocycles. The lowest BCUT2D eigenvalue weighted by atomic mass is 9.93. The molecule has 0 bridgehead atoms. The van der Waals surface area contributed by atoms with E-state index in [-0.39, 0.29) is 11.9 Å². The highest BCUT2D eigenvalue weighted by atomic mass is 16.1. The van der Waals surface area contributed by atoms with Crippen molar-refractivity contribution in [3.8, 4) is 0 Å². The molecule has 1 amide bonds. The fourth-order valence-corrected chi connectivity index (χ4v) is 2.00. The normalized spacial score (nSPS) is 11.6. The number of carbonyl (C=O) groups is 1. The van der Waals surface area contributed by atoms with Gasteiger partial charge in [-0.05, 0) is 32.4 Å². The third kappa shape index (κ3) is 4.15. The van der Waals surface area contributed by atoms with Gasteiger partial charge in [-0.15, -0.1) is 0 Å². The molecule has 1 aromatic carbocycles. The van der Waals surface area contributed by atoms with Crippen molar-refractivity contribution in [1.82, 2.24) is 15.3 Å². The topological polar surface area (TPSA) is 80.9 Å². The maximum Gasteiger partial charge on any atom is 0.244 e. The molecule has 0 spiro atoms. The summed E-state index contributed by atoms with van der Waals surface area (Å²) in [5, 5.41) is 2.98. The van der Waals surface area contributed by atoms with E-state index in [2.05, 4.69) is 15.3 Å². The third-order valence-corrected chi connectivity index (χ3v) is 3.33. The van der Waals surface area contributed by atoms with E-state index in [1.165, 1.54) is 11.6 Å². The number of aromatic nitrogens is 2.